The number of fused-ring (bicyclic) bond motifs is 1. The average Bonchev–Trinajstić information content (AvgIpc) is 3.40. The number of benzene rings is 2. The van der Waals surface area contributed by atoms with Crippen molar-refractivity contribution in [3.63, 3.8) is 0 Å². The average molecular weight is 438 g/mol. The van der Waals surface area contributed by atoms with Crippen LogP contribution in [-0.4, -0.2) is 48.4 Å². The fourth-order valence-electron chi connectivity index (χ4n) is 3.63. The number of ether oxygens (including phenoxy) is 3. The van der Waals surface area contributed by atoms with Crippen LogP contribution in [0.5, 0.6) is 11.5 Å². The van der Waals surface area contributed by atoms with Gasteiger partial charge < -0.3 is 24.4 Å². The molecule has 2 heterocycles. The number of rotatable bonds is 7. The van der Waals surface area contributed by atoms with E-state index in [1.807, 2.05) is 6.07 Å². The van der Waals surface area contributed by atoms with Gasteiger partial charge in [0, 0.05) is 31.1 Å². The normalized spacial score (nSPS) is 14.4. The van der Waals surface area contributed by atoms with E-state index >= 15 is 0 Å². The number of nitrogens with one attached hydrogen (secondary N) is 1. The van der Waals surface area contributed by atoms with Gasteiger partial charge in [0.15, 0.2) is 23.9 Å². The Balaban J connectivity index is 1.36. The third kappa shape index (κ3) is 4.72. The summed E-state index contributed by atoms with van der Waals surface area (Å²) in [6.45, 7) is 2.01. The summed E-state index contributed by atoms with van der Waals surface area (Å²) in [7, 11) is 0. The minimum atomic E-state index is -0.660. The largest absolute Gasteiger partial charge is 0.454 e. The Kier molecular flexibility index (Phi) is 6.07. The Bertz CT molecular complexity index is 1100. The molecule has 2 aromatic rings. The molecule has 9 nitrogen and oxygen atoms in total. The van der Waals surface area contributed by atoms with Gasteiger partial charge >= 0.3 is 5.97 Å². The van der Waals surface area contributed by atoms with Crippen molar-refractivity contribution in [1.82, 2.24) is 4.90 Å². The number of amides is 2. The van der Waals surface area contributed by atoms with Gasteiger partial charge in [0.25, 0.3) is 5.91 Å². The van der Waals surface area contributed by atoms with Crippen LogP contribution >= 0.6 is 0 Å². The van der Waals surface area contributed by atoms with Gasteiger partial charge in [0.2, 0.25) is 12.7 Å². The van der Waals surface area contributed by atoms with E-state index in [0.717, 1.165) is 12.0 Å². The van der Waals surface area contributed by atoms with Crippen molar-refractivity contribution in [2.45, 2.75) is 26.3 Å². The molecule has 2 aromatic carbocycles. The summed E-state index contributed by atoms with van der Waals surface area (Å²) in [5.74, 6) is -0.580. The van der Waals surface area contributed by atoms with E-state index in [9.17, 15) is 19.2 Å². The smallest absolute Gasteiger partial charge is 0.338 e. The molecule has 0 bridgehead atoms. The molecule has 0 unspecified atom stereocenters. The van der Waals surface area contributed by atoms with Crippen LogP contribution in [0.2, 0.25) is 0 Å². The molecule has 2 aliphatic heterocycles. The van der Waals surface area contributed by atoms with Crippen LogP contribution in [0.15, 0.2) is 36.4 Å². The van der Waals surface area contributed by atoms with Gasteiger partial charge in [-0.1, -0.05) is 12.1 Å². The highest BCUT2D eigenvalue weighted by Crippen LogP contribution is 2.37. The lowest BCUT2D eigenvalue weighted by Crippen LogP contribution is -2.24. The van der Waals surface area contributed by atoms with Crippen LogP contribution < -0.4 is 14.8 Å². The Hall–Kier alpha value is -3.88. The molecular weight excluding hydrogens is 416 g/mol. The Morgan fingerprint density at radius 2 is 1.91 bits per heavy atom. The summed E-state index contributed by atoms with van der Waals surface area (Å²) in [6, 6.07) is 9.78. The van der Waals surface area contributed by atoms with E-state index in [0.29, 0.717) is 31.0 Å². The summed E-state index contributed by atoms with van der Waals surface area (Å²) < 4.78 is 15.7. The van der Waals surface area contributed by atoms with Gasteiger partial charge in [-0.25, -0.2) is 4.79 Å². The molecule has 0 radical (unpaired) electrons. The molecule has 2 aliphatic rings. The zero-order valence-electron chi connectivity index (χ0n) is 17.5. The van der Waals surface area contributed by atoms with E-state index in [1.54, 1.807) is 23.1 Å². The van der Waals surface area contributed by atoms with Crippen molar-refractivity contribution < 1.29 is 33.4 Å². The third-order valence-electron chi connectivity index (χ3n) is 5.21. The molecule has 0 saturated carbocycles. The van der Waals surface area contributed by atoms with E-state index < -0.39 is 18.5 Å². The minimum absolute atomic E-state index is 0.0344. The topological polar surface area (TPSA) is 111 Å². The quantitative estimate of drug-likeness (QED) is 0.522. The molecule has 1 fully saturated rings. The van der Waals surface area contributed by atoms with Gasteiger partial charge in [0.1, 0.15) is 0 Å². The number of hydrogen-bond donors (Lipinski definition) is 1. The second-order valence-electron chi connectivity index (χ2n) is 7.55. The first-order valence-corrected chi connectivity index (χ1v) is 10.2. The van der Waals surface area contributed by atoms with E-state index in [4.69, 9.17) is 14.2 Å². The van der Waals surface area contributed by atoms with Crippen molar-refractivity contribution >= 4 is 29.3 Å². The standard InChI is InChI=1S/C23H22N2O7/c1-14(26)17-9-19-20(32-13-31-19)10-18(17)24-21(27)12-30-23(29)16-5-2-4-15(8-16)11-25-7-3-6-22(25)28/h2,4-5,8-10H,3,6-7,11-13H2,1H3,(H,24,27). The maximum atomic E-state index is 12.4. The molecule has 9 heteroatoms. The lowest BCUT2D eigenvalue weighted by molar-refractivity contribution is -0.128. The van der Waals surface area contributed by atoms with Gasteiger partial charge in [-0.15, -0.1) is 0 Å². The summed E-state index contributed by atoms with van der Waals surface area (Å²) in [6.07, 6.45) is 1.38. The van der Waals surface area contributed by atoms with Crippen LogP contribution in [0.1, 0.15) is 46.0 Å². The lowest BCUT2D eigenvalue weighted by atomic mass is 10.1. The zero-order valence-corrected chi connectivity index (χ0v) is 17.5. The molecule has 0 aliphatic carbocycles. The molecule has 1 saturated heterocycles. The fraction of sp³-hybridized carbons (Fsp3) is 0.304. The molecule has 0 spiro atoms. The number of anilines is 1. The fourth-order valence-corrected chi connectivity index (χ4v) is 3.63. The number of Topliss-reactive ketones (excluding diaryl/α,β-unsaturated/α-hetero) is 1. The molecule has 4 rings (SSSR count). The second kappa shape index (κ2) is 9.09. The van der Waals surface area contributed by atoms with Crippen LogP contribution in [0.3, 0.4) is 0 Å². The SMILES string of the molecule is CC(=O)c1cc2c(cc1NC(=O)COC(=O)c1cccc(CN3CCCC3=O)c1)OCO2. The number of carbonyl (C=O) groups excluding carboxylic acids is 4. The number of ketones is 1. The number of likely N-dealkylation sites (tertiary alicyclic amines) is 1. The summed E-state index contributed by atoms with van der Waals surface area (Å²) in [5.41, 5.74) is 1.61. The van der Waals surface area contributed by atoms with Gasteiger partial charge in [-0.05, 0) is 37.1 Å². The third-order valence-corrected chi connectivity index (χ3v) is 5.21. The molecular formula is C23H22N2O7. The maximum absolute atomic E-state index is 12.4. The molecule has 0 atom stereocenters. The highest BCUT2D eigenvalue weighted by molar-refractivity contribution is 6.05. The van der Waals surface area contributed by atoms with Crippen LogP contribution in [0.4, 0.5) is 5.69 Å². The molecule has 166 valence electrons. The van der Waals surface area contributed by atoms with Gasteiger partial charge in [0.05, 0.1) is 11.3 Å². The first kappa shape index (κ1) is 21.4. The molecule has 0 aromatic heterocycles. The molecule has 32 heavy (non-hydrogen) atoms. The van der Waals surface area contributed by atoms with Crippen molar-refractivity contribution in [3.05, 3.63) is 53.1 Å². The highest BCUT2D eigenvalue weighted by Gasteiger charge is 2.22. The van der Waals surface area contributed by atoms with E-state index in [1.165, 1.54) is 19.1 Å². The van der Waals surface area contributed by atoms with Crippen molar-refractivity contribution in [3.8, 4) is 11.5 Å². The Morgan fingerprint density at radius 1 is 1.12 bits per heavy atom. The molecule has 2 amide bonds. The predicted molar refractivity (Wildman–Crippen MR) is 113 cm³/mol. The monoisotopic (exact) mass is 438 g/mol. The summed E-state index contributed by atoms with van der Waals surface area (Å²) >= 11 is 0. The van der Waals surface area contributed by atoms with Crippen molar-refractivity contribution in [2.24, 2.45) is 0 Å². The van der Waals surface area contributed by atoms with Crippen molar-refractivity contribution in [2.75, 3.05) is 25.3 Å². The van der Waals surface area contributed by atoms with Crippen LogP contribution in [0, 0.1) is 0 Å². The minimum Gasteiger partial charge on any atom is -0.454 e. The second-order valence-corrected chi connectivity index (χ2v) is 7.55. The Labute approximate surface area is 184 Å². The van der Waals surface area contributed by atoms with E-state index in [-0.39, 0.29) is 35.3 Å². The summed E-state index contributed by atoms with van der Waals surface area (Å²) in [5, 5.41) is 2.58. The van der Waals surface area contributed by atoms with E-state index in [2.05, 4.69) is 5.32 Å². The van der Waals surface area contributed by atoms with Crippen LogP contribution in [-0.2, 0) is 20.9 Å². The Morgan fingerprint density at radius 3 is 2.62 bits per heavy atom. The van der Waals surface area contributed by atoms with Crippen molar-refractivity contribution in [1.29, 1.82) is 0 Å². The number of hydrogen-bond acceptors (Lipinski definition) is 7. The first-order valence-electron chi connectivity index (χ1n) is 10.2. The predicted octanol–water partition coefficient (Wildman–Crippen LogP) is 2.54. The van der Waals surface area contributed by atoms with Gasteiger partial charge in [-0.2, -0.15) is 0 Å². The number of esters is 1. The first-order chi connectivity index (χ1) is 15.4. The molecule has 1 N–H and O–H groups in total. The van der Waals surface area contributed by atoms with Gasteiger partial charge in [-0.3, -0.25) is 14.4 Å². The zero-order chi connectivity index (χ0) is 22.7. The number of carbonyl (C=O) groups is 4. The maximum Gasteiger partial charge on any atom is 0.338 e. The number of nitrogens with zero attached hydrogens (tertiary/aromatic N) is 1. The summed E-state index contributed by atoms with van der Waals surface area (Å²) in [4.78, 5) is 50.2. The lowest BCUT2D eigenvalue weighted by Gasteiger charge is -2.16. The van der Waals surface area contributed by atoms with Crippen LogP contribution in [0.25, 0.3) is 0 Å². The highest BCUT2D eigenvalue weighted by atomic mass is 16.7.